The third-order valence-electron chi connectivity index (χ3n) is 2.66. The second kappa shape index (κ2) is 5.50. The molecule has 1 aromatic rings. The average Bonchev–Trinajstić information content (AvgIpc) is 2.25. The lowest BCUT2D eigenvalue weighted by Gasteiger charge is -2.28. The fourth-order valence-electron chi connectivity index (χ4n) is 1.72. The van der Waals surface area contributed by atoms with E-state index in [4.69, 9.17) is 0 Å². The number of aryl methyl sites for hydroxylation is 1. The quantitative estimate of drug-likeness (QED) is 0.557. The largest absolute Gasteiger partial charge is 0.365 e. The summed E-state index contributed by atoms with van der Waals surface area (Å²) in [5.41, 5.74) is 2.91. The first-order valence-corrected chi connectivity index (χ1v) is 5.53. The normalized spacial score (nSPS) is 10.2. The van der Waals surface area contributed by atoms with Crippen molar-refractivity contribution in [1.82, 2.24) is 0 Å². The molecule has 0 amide bonds. The van der Waals surface area contributed by atoms with Crippen molar-refractivity contribution in [3.63, 3.8) is 0 Å². The summed E-state index contributed by atoms with van der Waals surface area (Å²) in [6.45, 7) is 10.8. The molecule has 0 fully saturated rings. The van der Waals surface area contributed by atoms with Gasteiger partial charge in [-0.05, 0) is 44.5 Å². The van der Waals surface area contributed by atoms with Crippen LogP contribution in [0.3, 0.4) is 0 Å². The van der Waals surface area contributed by atoms with E-state index in [-0.39, 0.29) is 0 Å². The fourth-order valence-corrected chi connectivity index (χ4v) is 1.72. The van der Waals surface area contributed by atoms with Gasteiger partial charge in [0, 0.05) is 23.8 Å². The fraction of sp³-hybridized carbons (Fsp3) is 0.357. The number of nitrogens with zero attached hydrogens (tertiary/aromatic N) is 1. The van der Waals surface area contributed by atoms with E-state index in [9.17, 15) is 4.79 Å². The molecule has 0 N–H and O–H groups in total. The van der Waals surface area contributed by atoms with Gasteiger partial charge >= 0.3 is 0 Å². The molecule has 0 heterocycles. The van der Waals surface area contributed by atoms with Crippen molar-refractivity contribution in [2.75, 3.05) is 11.4 Å². The van der Waals surface area contributed by atoms with E-state index in [1.54, 1.807) is 0 Å². The molecule has 0 bridgehead atoms. The Kier molecular flexibility index (Phi) is 4.29. The molecule has 0 unspecified atom stereocenters. The lowest BCUT2D eigenvalue weighted by atomic mass is 10.1. The van der Waals surface area contributed by atoms with Gasteiger partial charge in [-0.15, -0.1) is 6.58 Å². The molecule has 0 aromatic heterocycles. The van der Waals surface area contributed by atoms with Crippen molar-refractivity contribution in [2.45, 2.75) is 26.8 Å². The van der Waals surface area contributed by atoms with Crippen molar-refractivity contribution >= 4 is 12.0 Å². The van der Waals surface area contributed by atoms with Crippen molar-refractivity contribution < 1.29 is 4.79 Å². The highest BCUT2D eigenvalue weighted by Gasteiger charge is 2.09. The van der Waals surface area contributed by atoms with E-state index in [2.05, 4.69) is 25.3 Å². The van der Waals surface area contributed by atoms with Gasteiger partial charge in [0.15, 0.2) is 0 Å². The zero-order valence-corrected chi connectivity index (χ0v) is 10.2. The highest BCUT2D eigenvalue weighted by atomic mass is 16.1. The minimum absolute atomic E-state index is 0.416. The number of carbonyl (C=O) groups excluding carboxylic acids is 1. The van der Waals surface area contributed by atoms with Gasteiger partial charge in [0.2, 0.25) is 0 Å². The maximum atomic E-state index is 10.7. The summed E-state index contributed by atoms with van der Waals surface area (Å²) in [5.74, 6) is 0. The molecule has 0 radical (unpaired) electrons. The second-order valence-corrected chi connectivity index (χ2v) is 4.19. The molecule has 2 heteroatoms. The predicted molar refractivity (Wildman–Crippen MR) is 69.2 cm³/mol. The minimum Gasteiger partial charge on any atom is -0.365 e. The third kappa shape index (κ3) is 2.72. The van der Waals surface area contributed by atoms with Crippen LogP contribution < -0.4 is 4.90 Å². The van der Waals surface area contributed by atoms with E-state index in [0.29, 0.717) is 6.04 Å². The molecule has 0 saturated heterocycles. The molecule has 1 rings (SSSR count). The molecular formula is C14H19NO. The predicted octanol–water partition coefficient (Wildman–Crippen LogP) is 3.21. The number of rotatable bonds is 5. The van der Waals surface area contributed by atoms with Crippen LogP contribution >= 0.6 is 0 Å². The van der Waals surface area contributed by atoms with Gasteiger partial charge in [0.25, 0.3) is 0 Å². The highest BCUT2D eigenvalue weighted by Crippen LogP contribution is 2.20. The summed E-state index contributed by atoms with van der Waals surface area (Å²) in [4.78, 5) is 13.0. The topological polar surface area (TPSA) is 20.3 Å². The molecule has 0 aliphatic carbocycles. The van der Waals surface area contributed by atoms with Crippen molar-refractivity contribution in [3.8, 4) is 0 Å². The molecule has 1 aromatic carbocycles. The molecular weight excluding hydrogens is 198 g/mol. The van der Waals surface area contributed by atoms with Gasteiger partial charge in [-0.1, -0.05) is 6.08 Å². The minimum atomic E-state index is 0.416. The lowest BCUT2D eigenvalue weighted by molar-refractivity contribution is 0.112. The first-order valence-electron chi connectivity index (χ1n) is 5.53. The first-order chi connectivity index (χ1) is 7.60. The molecule has 2 nitrogen and oxygen atoms in total. The van der Waals surface area contributed by atoms with Crippen molar-refractivity contribution in [2.24, 2.45) is 0 Å². The second-order valence-electron chi connectivity index (χ2n) is 4.19. The van der Waals surface area contributed by atoms with Crippen LogP contribution in [0.2, 0.25) is 0 Å². The Bertz CT molecular complexity index is 382. The zero-order chi connectivity index (χ0) is 12.1. The summed E-state index contributed by atoms with van der Waals surface area (Å²) in [5, 5.41) is 0. The van der Waals surface area contributed by atoms with Gasteiger partial charge < -0.3 is 4.90 Å². The van der Waals surface area contributed by atoms with E-state index in [0.717, 1.165) is 29.6 Å². The van der Waals surface area contributed by atoms with Gasteiger partial charge in [-0.3, -0.25) is 4.79 Å². The SMILES string of the molecule is C=CCN(c1ccc(C=O)c(C)c1)C(C)C. The molecule has 0 aliphatic heterocycles. The summed E-state index contributed by atoms with van der Waals surface area (Å²) in [7, 11) is 0. The average molecular weight is 217 g/mol. The standard InChI is InChI=1S/C14H19NO/c1-5-8-15(11(2)3)14-7-6-13(10-16)12(4)9-14/h5-7,9-11H,1,8H2,2-4H3. The summed E-state index contributed by atoms with van der Waals surface area (Å²) < 4.78 is 0. The van der Waals surface area contributed by atoms with Crippen LogP contribution in [0.1, 0.15) is 29.8 Å². The van der Waals surface area contributed by atoms with Gasteiger partial charge in [0.05, 0.1) is 0 Å². The van der Waals surface area contributed by atoms with E-state index >= 15 is 0 Å². The number of hydrogen-bond donors (Lipinski definition) is 0. The summed E-state index contributed by atoms with van der Waals surface area (Å²) in [6.07, 6.45) is 2.79. The number of aldehydes is 1. The Balaban J connectivity index is 3.05. The zero-order valence-electron chi connectivity index (χ0n) is 10.2. The Hall–Kier alpha value is -1.57. The van der Waals surface area contributed by atoms with Crippen LogP contribution in [0.5, 0.6) is 0 Å². The number of hydrogen-bond acceptors (Lipinski definition) is 2. The Morgan fingerprint density at radius 3 is 2.56 bits per heavy atom. The van der Waals surface area contributed by atoms with Gasteiger partial charge in [-0.25, -0.2) is 0 Å². The lowest BCUT2D eigenvalue weighted by Crippen LogP contribution is -2.30. The summed E-state index contributed by atoms with van der Waals surface area (Å²) >= 11 is 0. The van der Waals surface area contributed by atoms with Gasteiger partial charge in [0.1, 0.15) is 6.29 Å². The maximum absolute atomic E-state index is 10.7. The molecule has 0 saturated carbocycles. The van der Waals surface area contributed by atoms with Crippen LogP contribution in [0.25, 0.3) is 0 Å². The third-order valence-corrected chi connectivity index (χ3v) is 2.66. The van der Waals surface area contributed by atoms with Crippen molar-refractivity contribution in [3.05, 3.63) is 42.0 Å². The number of anilines is 1. The number of benzene rings is 1. The smallest absolute Gasteiger partial charge is 0.150 e. The number of carbonyl (C=O) groups is 1. The van der Waals surface area contributed by atoms with E-state index in [1.807, 2.05) is 31.2 Å². The first kappa shape index (κ1) is 12.5. The Morgan fingerprint density at radius 1 is 1.44 bits per heavy atom. The van der Waals surface area contributed by atoms with E-state index in [1.165, 1.54) is 0 Å². The van der Waals surface area contributed by atoms with Crippen molar-refractivity contribution in [1.29, 1.82) is 0 Å². The molecule has 0 aliphatic rings. The van der Waals surface area contributed by atoms with E-state index < -0.39 is 0 Å². The van der Waals surface area contributed by atoms with Gasteiger partial charge in [-0.2, -0.15) is 0 Å². The Labute approximate surface area is 97.6 Å². The van der Waals surface area contributed by atoms with Crippen LogP contribution in [0.15, 0.2) is 30.9 Å². The van der Waals surface area contributed by atoms with Crippen LogP contribution in [-0.4, -0.2) is 18.9 Å². The molecule has 86 valence electrons. The monoisotopic (exact) mass is 217 g/mol. The Morgan fingerprint density at radius 2 is 2.12 bits per heavy atom. The molecule has 0 spiro atoms. The van der Waals surface area contributed by atoms with Crippen LogP contribution in [0.4, 0.5) is 5.69 Å². The summed E-state index contributed by atoms with van der Waals surface area (Å²) in [6, 6.07) is 6.32. The van der Waals surface area contributed by atoms with Crippen LogP contribution in [0, 0.1) is 6.92 Å². The molecule has 16 heavy (non-hydrogen) atoms. The molecule has 0 atom stereocenters. The maximum Gasteiger partial charge on any atom is 0.150 e. The highest BCUT2D eigenvalue weighted by molar-refractivity contribution is 5.78. The van der Waals surface area contributed by atoms with Crippen LogP contribution in [-0.2, 0) is 0 Å².